The van der Waals surface area contributed by atoms with Crippen LogP contribution in [0.3, 0.4) is 0 Å². The number of carboxylic acids is 1. The van der Waals surface area contributed by atoms with Crippen LogP contribution < -0.4 is 10.5 Å². The monoisotopic (exact) mass is 339 g/mol. The number of methoxy groups -OCH3 is 1. The Bertz CT molecular complexity index is 919. The van der Waals surface area contributed by atoms with Crippen LogP contribution in [0.1, 0.15) is 21.5 Å². The summed E-state index contributed by atoms with van der Waals surface area (Å²) in [5, 5.41) is 21.5. The Morgan fingerprint density at radius 3 is 2.52 bits per heavy atom. The van der Waals surface area contributed by atoms with E-state index in [1.54, 1.807) is 18.0 Å². The van der Waals surface area contributed by atoms with Gasteiger partial charge in [-0.15, -0.1) is 0 Å². The number of aryl methyl sites for hydroxylation is 1. The Labute approximate surface area is 143 Å². The van der Waals surface area contributed by atoms with Crippen LogP contribution in [0.5, 0.6) is 5.75 Å². The molecule has 0 aliphatic carbocycles. The van der Waals surface area contributed by atoms with Gasteiger partial charge < -0.3 is 15.6 Å². The number of nitrogens with zero attached hydrogens (tertiary/aromatic N) is 4. The van der Waals surface area contributed by atoms with Gasteiger partial charge in [-0.25, -0.2) is 4.79 Å². The molecule has 0 fully saturated rings. The molecule has 0 aliphatic heterocycles. The maximum Gasteiger partial charge on any atom is 0.341 e. The molecule has 128 valence electrons. The second kappa shape index (κ2) is 6.60. The minimum atomic E-state index is -1.13. The number of carbonyl (C=O) groups is 1. The zero-order chi connectivity index (χ0) is 18.0. The fourth-order valence-electron chi connectivity index (χ4n) is 2.61. The van der Waals surface area contributed by atoms with Crippen molar-refractivity contribution in [2.24, 2.45) is 0 Å². The van der Waals surface area contributed by atoms with Crippen molar-refractivity contribution in [2.45, 2.75) is 13.5 Å². The van der Waals surface area contributed by atoms with Crippen LogP contribution in [-0.2, 0) is 6.54 Å². The van der Waals surface area contributed by atoms with Gasteiger partial charge in [0, 0.05) is 5.56 Å². The summed E-state index contributed by atoms with van der Waals surface area (Å²) in [7, 11) is 1.60. The number of nitrogens with two attached hydrogens (primary N) is 1. The highest BCUT2D eigenvalue weighted by atomic mass is 16.5. The Morgan fingerprint density at radius 1 is 1.24 bits per heavy atom. The van der Waals surface area contributed by atoms with Crippen molar-refractivity contribution < 1.29 is 14.6 Å². The summed E-state index contributed by atoms with van der Waals surface area (Å²) < 4.78 is 6.72. The van der Waals surface area contributed by atoms with Crippen LogP contribution in [0.2, 0.25) is 0 Å². The van der Waals surface area contributed by atoms with Gasteiger partial charge >= 0.3 is 5.97 Å². The van der Waals surface area contributed by atoms with Crippen molar-refractivity contribution in [3.05, 3.63) is 53.3 Å². The predicted octanol–water partition coefficient (Wildman–Crippen LogP) is 1.99. The molecule has 0 saturated carbocycles. The number of hydrogen-bond acceptors (Lipinski definition) is 6. The standard InChI is InChI=1S/C17H17N5O3/c1-10-7-19-20-8-13(10)15-14(17(23)24)16(18)21-22(15)9-11-3-5-12(25-2)6-4-11/h3-8H,9H2,1-2H3,(H2,18,21)(H,23,24). The highest BCUT2D eigenvalue weighted by Crippen LogP contribution is 2.30. The van der Waals surface area contributed by atoms with Gasteiger partial charge in [0.05, 0.1) is 31.7 Å². The predicted molar refractivity (Wildman–Crippen MR) is 91.5 cm³/mol. The first-order valence-electron chi connectivity index (χ1n) is 7.51. The quantitative estimate of drug-likeness (QED) is 0.730. The number of hydrogen-bond donors (Lipinski definition) is 2. The highest BCUT2D eigenvalue weighted by molar-refractivity contribution is 6.00. The molecule has 3 N–H and O–H groups in total. The number of aromatic nitrogens is 4. The van der Waals surface area contributed by atoms with Gasteiger partial charge in [-0.3, -0.25) is 4.68 Å². The van der Waals surface area contributed by atoms with E-state index in [9.17, 15) is 9.90 Å². The van der Waals surface area contributed by atoms with E-state index in [0.717, 1.165) is 16.9 Å². The second-order valence-corrected chi connectivity index (χ2v) is 5.51. The zero-order valence-electron chi connectivity index (χ0n) is 13.8. The molecule has 8 nitrogen and oxygen atoms in total. The molecular formula is C17H17N5O3. The molecule has 0 spiro atoms. The maximum atomic E-state index is 11.7. The number of anilines is 1. The lowest BCUT2D eigenvalue weighted by Gasteiger charge is -2.10. The smallest absolute Gasteiger partial charge is 0.341 e. The van der Waals surface area contributed by atoms with Gasteiger partial charge in [0.1, 0.15) is 11.3 Å². The van der Waals surface area contributed by atoms with Gasteiger partial charge in [-0.05, 0) is 30.2 Å². The third-order valence-corrected chi connectivity index (χ3v) is 3.87. The van der Waals surface area contributed by atoms with E-state index in [0.29, 0.717) is 17.8 Å². The summed E-state index contributed by atoms with van der Waals surface area (Å²) in [6.07, 6.45) is 3.09. The van der Waals surface area contributed by atoms with Crippen LogP contribution in [0, 0.1) is 6.92 Å². The minimum Gasteiger partial charge on any atom is -0.497 e. The average molecular weight is 339 g/mol. The molecule has 25 heavy (non-hydrogen) atoms. The fraction of sp³-hybridized carbons (Fsp3) is 0.176. The van der Waals surface area contributed by atoms with E-state index in [-0.39, 0.29) is 11.4 Å². The van der Waals surface area contributed by atoms with Crippen molar-refractivity contribution in [1.82, 2.24) is 20.0 Å². The molecule has 0 unspecified atom stereocenters. The fourth-order valence-corrected chi connectivity index (χ4v) is 2.61. The summed E-state index contributed by atoms with van der Waals surface area (Å²) in [5.74, 6) is -0.429. The van der Waals surface area contributed by atoms with Crippen LogP contribution in [0.25, 0.3) is 11.3 Å². The first kappa shape index (κ1) is 16.4. The van der Waals surface area contributed by atoms with Crippen LogP contribution in [0.15, 0.2) is 36.7 Å². The molecule has 3 rings (SSSR count). The third-order valence-electron chi connectivity index (χ3n) is 3.87. The van der Waals surface area contributed by atoms with E-state index in [2.05, 4.69) is 15.3 Å². The third kappa shape index (κ3) is 3.14. The van der Waals surface area contributed by atoms with E-state index >= 15 is 0 Å². The lowest BCUT2D eigenvalue weighted by Crippen LogP contribution is -2.07. The molecule has 0 saturated heterocycles. The number of aromatic carboxylic acids is 1. The van der Waals surface area contributed by atoms with Crippen molar-refractivity contribution in [2.75, 3.05) is 12.8 Å². The first-order valence-corrected chi connectivity index (χ1v) is 7.51. The van der Waals surface area contributed by atoms with Crippen molar-refractivity contribution >= 4 is 11.8 Å². The molecule has 0 aliphatic rings. The summed E-state index contributed by atoms with van der Waals surface area (Å²) >= 11 is 0. The lowest BCUT2D eigenvalue weighted by molar-refractivity contribution is 0.0699. The molecule has 0 radical (unpaired) electrons. The lowest BCUT2D eigenvalue weighted by atomic mass is 10.1. The van der Waals surface area contributed by atoms with Gasteiger partial charge in [0.2, 0.25) is 0 Å². The number of benzene rings is 1. The molecule has 0 atom stereocenters. The molecule has 8 heteroatoms. The summed E-state index contributed by atoms with van der Waals surface area (Å²) in [5.41, 5.74) is 8.58. The van der Waals surface area contributed by atoms with E-state index < -0.39 is 5.97 Å². The molecule has 0 bridgehead atoms. The van der Waals surface area contributed by atoms with Crippen molar-refractivity contribution in [3.8, 4) is 17.0 Å². The van der Waals surface area contributed by atoms with Crippen molar-refractivity contribution in [3.63, 3.8) is 0 Å². The topological polar surface area (TPSA) is 116 Å². The largest absolute Gasteiger partial charge is 0.497 e. The zero-order valence-corrected chi connectivity index (χ0v) is 13.8. The Balaban J connectivity index is 2.11. The van der Waals surface area contributed by atoms with Crippen LogP contribution >= 0.6 is 0 Å². The van der Waals surface area contributed by atoms with Gasteiger partial charge in [-0.2, -0.15) is 15.3 Å². The first-order chi connectivity index (χ1) is 12.0. The summed E-state index contributed by atoms with van der Waals surface area (Å²) in [6, 6.07) is 7.44. The van der Waals surface area contributed by atoms with E-state index in [1.807, 2.05) is 31.2 Å². The van der Waals surface area contributed by atoms with E-state index in [4.69, 9.17) is 10.5 Å². The molecule has 0 amide bonds. The normalized spacial score (nSPS) is 10.6. The van der Waals surface area contributed by atoms with Crippen molar-refractivity contribution in [1.29, 1.82) is 0 Å². The number of ether oxygens (including phenoxy) is 1. The van der Waals surface area contributed by atoms with Gasteiger partial charge in [0.15, 0.2) is 5.82 Å². The number of nitrogen functional groups attached to an aromatic ring is 1. The number of rotatable bonds is 5. The SMILES string of the molecule is COc1ccc(Cn2nc(N)c(C(=O)O)c2-c2cnncc2C)cc1. The Hall–Kier alpha value is -3.42. The van der Waals surface area contributed by atoms with Gasteiger partial charge in [-0.1, -0.05) is 12.1 Å². The summed E-state index contributed by atoms with van der Waals surface area (Å²) in [6.45, 7) is 2.19. The summed E-state index contributed by atoms with van der Waals surface area (Å²) in [4.78, 5) is 11.7. The Morgan fingerprint density at radius 2 is 1.92 bits per heavy atom. The molecule has 3 aromatic rings. The maximum absolute atomic E-state index is 11.7. The van der Waals surface area contributed by atoms with Gasteiger partial charge in [0.25, 0.3) is 0 Å². The number of carboxylic acid groups (broad SMARTS) is 1. The highest BCUT2D eigenvalue weighted by Gasteiger charge is 2.24. The Kier molecular flexibility index (Phi) is 4.34. The molecule has 1 aromatic carbocycles. The molecule has 2 aromatic heterocycles. The average Bonchev–Trinajstić information content (AvgIpc) is 2.92. The second-order valence-electron chi connectivity index (χ2n) is 5.51. The van der Waals surface area contributed by atoms with Crippen LogP contribution in [-0.4, -0.2) is 38.2 Å². The molecular weight excluding hydrogens is 322 g/mol. The van der Waals surface area contributed by atoms with E-state index in [1.165, 1.54) is 6.20 Å². The minimum absolute atomic E-state index is 0.0350. The molecule has 2 heterocycles. The van der Waals surface area contributed by atoms with Crippen LogP contribution in [0.4, 0.5) is 5.82 Å².